The van der Waals surface area contributed by atoms with Crippen molar-refractivity contribution in [1.82, 2.24) is 15.5 Å². The van der Waals surface area contributed by atoms with E-state index in [0.29, 0.717) is 24.0 Å². The van der Waals surface area contributed by atoms with E-state index >= 15 is 0 Å². The Morgan fingerprint density at radius 2 is 1.85 bits per heavy atom. The van der Waals surface area contributed by atoms with E-state index < -0.39 is 0 Å². The van der Waals surface area contributed by atoms with E-state index in [1.807, 2.05) is 50.2 Å². The van der Waals surface area contributed by atoms with E-state index in [1.165, 1.54) is 5.56 Å². The molecule has 1 N–H and O–H groups in total. The first-order valence-corrected chi connectivity index (χ1v) is 8.52. The first-order valence-electron chi connectivity index (χ1n) is 8.52. The van der Waals surface area contributed by atoms with Gasteiger partial charge in [-0.05, 0) is 36.8 Å². The van der Waals surface area contributed by atoms with Crippen molar-refractivity contribution in [3.05, 3.63) is 65.5 Å². The maximum Gasteiger partial charge on any atom is 0.258 e. The molecule has 1 aromatic heterocycles. The third-order valence-electron chi connectivity index (χ3n) is 3.87. The summed E-state index contributed by atoms with van der Waals surface area (Å²) in [5, 5.41) is 6.71. The standard InChI is InChI=1S/C20H21N3O3/c1-3-18-22-20(26-23-18)16-8-10-17(11-9-16)25-13-19(24)21-12-15-6-4-14(2)5-7-15/h4-11H,3,12-13H2,1-2H3,(H,21,24). The van der Waals surface area contributed by atoms with Gasteiger partial charge in [0.2, 0.25) is 0 Å². The largest absolute Gasteiger partial charge is 0.484 e. The molecule has 1 heterocycles. The molecule has 0 saturated heterocycles. The molecule has 0 atom stereocenters. The molecule has 26 heavy (non-hydrogen) atoms. The molecule has 0 aliphatic carbocycles. The molecule has 0 fully saturated rings. The van der Waals surface area contributed by atoms with E-state index in [9.17, 15) is 4.79 Å². The fourth-order valence-corrected chi connectivity index (χ4v) is 2.32. The summed E-state index contributed by atoms with van der Waals surface area (Å²) in [6.07, 6.45) is 0.725. The number of carbonyl (C=O) groups is 1. The highest BCUT2D eigenvalue weighted by molar-refractivity contribution is 5.77. The van der Waals surface area contributed by atoms with E-state index in [0.717, 1.165) is 17.5 Å². The first kappa shape index (κ1) is 17.7. The number of nitrogens with one attached hydrogen (secondary N) is 1. The summed E-state index contributed by atoms with van der Waals surface area (Å²) in [5.41, 5.74) is 3.06. The third kappa shape index (κ3) is 4.69. The van der Waals surface area contributed by atoms with Crippen LogP contribution in [-0.4, -0.2) is 22.7 Å². The van der Waals surface area contributed by atoms with Gasteiger partial charge in [0.1, 0.15) is 5.75 Å². The van der Waals surface area contributed by atoms with Gasteiger partial charge < -0.3 is 14.6 Å². The van der Waals surface area contributed by atoms with Crippen molar-refractivity contribution in [2.75, 3.05) is 6.61 Å². The van der Waals surface area contributed by atoms with Crippen molar-refractivity contribution in [1.29, 1.82) is 0 Å². The van der Waals surface area contributed by atoms with Gasteiger partial charge in [-0.3, -0.25) is 4.79 Å². The number of hydrogen-bond donors (Lipinski definition) is 1. The molecule has 0 radical (unpaired) electrons. The van der Waals surface area contributed by atoms with Gasteiger partial charge in [0, 0.05) is 18.5 Å². The summed E-state index contributed by atoms with van der Waals surface area (Å²) in [6.45, 7) is 4.45. The first-order chi connectivity index (χ1) is 12.6. The van der Waals surface area contributed by atoms with Gasteiger partial charge in [-0.25, -0.2) is 0 Å². The molecule has 6 heteroatoms. The van der Waals surface area contributed by atoms with Gasteiger partial charge in [-0.15, -0.1) is 0 Å². The molecule has 0 saturated carbocycles. The lowest BCUT2D eigenvalue weighted by Gasteiger charge is -2.08. The van der Waals surface area contributed by atoms with Crippen LogP contribution in [0.5, 0.6) is 5.75 Å². The summed E-state index contributed by atoms with van der Waals surface area (Å²) in [4.78, 5) is 16.2. The van der Waals surface area contributed by atoms with Crippen LogP contribution in [0, 0.1) is 6.92 Å². The second-order valence-electron chi connectivity index (χ2n) is 5.94. The Bertz CT molecular complexity index is 855. The lowest BCUT2D eigenvalue weighted by molar-refractivity contribution is -0.123. The molecule has 134 valence electrons. The van der Waals surface area contributed by atoms with E-state index in [1.54, 1.807) is 12.1 Å². The topological polar surface area (TPSA) is 77.2 Å². The van der Waals surface area contributed by atoms with Crippen LogP contribution in [0.3, 0.4) is 0 Å². The SMILES string of the molecule is CCc1noc(-c2ccc(OCC(=O)NCc3ccc(C)cc3)cc2)n1. The van der Waals surface area contributed by atoms with E-state index in [2.05, 4.69) is 15.5 Å². The molecule has 0 bridgehead atoms. The number of aromatic nitrogens is 2. The average molecular weight is 351 g/mol. The predicted molar refractivity (Wildman–Crippen MR) is 97.6 cm³/mol. The number of amides is 1. The minimum Gasteiger partial charge on any atom is -0.484 e. The maximum atomic E-state index is 11.9. The highest BCUT2D eigenvalue weighted by Crippen LogP contribution is 2.21. The Morgan fingerprint density at radius 1 is 1.12 bits per heavy atom. The summed E-state index contributed by atoms with van der Waals surface area (Å²) in [5.74, 6) is 1.59. The highest BCUT2D eigenvalue weighted by Gasteiger charge is 2.08. The smallest absolute Gasteiger partial charge is 0.258 e. The zero-order valence-electron chi connectivity index (χ0n) is 14.9. The second kappa shape index (κ2) is 8.29. The Hall–Kier alpha value is -3.15. The van der Waals surface area contributed by atoms with Crippen LogP contribution in [0.15, 0.2) is 53.1 Å². The molecule has 3 rings (SSSR count). The van der Waals surface area contributed by atoms with E-state index in [-0.39, 0.29) is 12.5 Å². The Morgan fingerprint density at radius 3 is 2.50 bits per heavy atom. The lowest BCUT2D eigenvalue weighted by atomic mass is 10.1. The van der Waals surface area contributed by atoms with Crippen molar-refractivity contribution in [2.24, 2.45) is 0 Å². The van der Waals surface area contributed by atoms with Gasteiger partial charge in [0.25, 0.3) is 11.8 Å². The second-order valence-corrected chi connectivity index (χ2v) is 5.94. The Balaban J connectivity index is 1.48. The number of nitrogens with zero attached hydrogens (tertiary/aromatic N) is 2. The molecule has 0 aliphatic heterocycles. The van der Waals surface area contributed by atoms with Crippen LogP contribution in [0.25, 0.3) is 11.5 Å². The number of hydrogen-bond acceptors (Lipinski definition) is 5. The van der Waals surface area contributed by atoms with Crippen molar-refractivity contribution < 1.29 is 14.1 Å². The monoisotopic (exact) mass is 351 g/mol. The van der Waals surface area contributed by atoms with Crippen molar-refractivity contribution in [3.63, 3.8) is 0 Å². The van der Waals surface area contributed by atoms with Crippen LogP contribution in [0.4, 0.5) is 0 Å². The van der Waals surface area contributed by atoms with Gasteiger partial charge in [0.15, 0.2) is 12.4 Å². The molecule has 0 aliphatic rings. The van der Waals surface area contributed by atoms with Gasteiger partial charge in [0.05, 0.1) is 0 Å². The zero-order valence-corrected chi connectivity index (χ0v) is 14.9. The van der Waals surface area contributed by atoms with Crippen LogP contribution in [-0.2, 0) is 17.8 Å². The summed E-state index contributed by atoms with van der Waals surface area (Å²) >= 11 is 0. The van der Waals surface area contributed by atoms with Crippen molar-refractivity contribution >= 4 is 5.91 Å². The zero-order chi connectivity index (χ0) is 18.4. The molecular formula is C20H21N3O3. The van der Waals surface area contributed by atoms with Gasteiger partial charge in [-0.1, -0.05) is 41.9 Å². The van der Waals surface area contributed by atoms with Crippen LogP contribution in [0.1, 0.15) is 23.9 Å². The van der Waals surface area contributed by atoms with Gasteiger partial charge >= 0.3 is 0 Å². The molecule has 0 unspecified atom stereocenters. The normalized spacial score (nSPS) is 10.5. The van der Waals surface area contributed by atoms with Crippen molar-refractivity contribution in [3.8, 4) is 17.2 Å². The van der Waals surface area contributed by atoms with Crippen LogP contribution in [0.2, 0.25) is 0 Å². The number of rotatable bonds is 7. The summed E-state index contributed by atoms with van der Waals surface area (Å²) < 4.78 is 10.7. The maximum absolute atomic E-state index is 11.9. The number of ether oxygens (including phenoxy) is 1. The van der Waals surface area contributed by atoms with E-state index in [4.69, 9.17) is 9.26 Å². The van der Waals surface area contributed by atoms with Crippen LogP contribution < -0.4 is 10.1 Å². The number of carbonyl (C=O) groups excluding carboxylic acids is 1. The molecule has 3 aromatic rings. The quantitative estimate of drug-likeness (QED) is 0.707. The van der Waals surface area contributed by atoms with Crippen molar-refractivity contribution in [2.45, 2.75) is 26.8 Å². The fourth-order valence-electron chi connectivity index (χ4n) is 2.32. The summed E-state index contributed by atoms with van der Waals surface area (Å²) in [7, 11) is 0. The van der Waals surface area contributed by atoms with Crippen LogP contribution >= 0.6 is 0 Å². The average Bonchev–Trinajstić information content (AvgIpc) is 3.15. The molecular weight excluding hydrogens is 330 g/mol. The Kier molecular flexibility index (Phi) is 5.63. The molecule has 1 amide bonds. The molecule has 0 spiro atoms. The predicted octanol–water partition coefficient (Wildman–Crippen LogP) is 3.30. The minimum absolute atomic E-state index is 0.0360. The Labute approximate surface area is 152 Å². The molecule has 2 aromatic carbocycles. The van der Waals surface area contributed by atoms with Gasteiger partial charge in [-0.2, -0.15) is 4.98 Å². The third-order valence-corrected chi connectivity index (χ3v) is 3.87. The lowest BCUT2D eigenvalue weighted by Crippen LogP contribution is -2.28. The highest BCUT2D eigenvalue weighted by atomic mass is 16.5. The number of aryl methyl sites for hydroxylation is 2. The fraction of sp³-hybridized carbons (Fsp3) is 0.250. The summed E-state index contributed by atoms with van der Waals surface area (Å²) in [6, 6.07) is 15.2. The molecule has 6 nitrogen and oxygen atoms in total. The minimum atomic E-state index is -0.167. The number of benzene rings is 2.